The van der Waals surface area contributed by atoms with Crippen molar-refractivity contribution < 1.29 is 28.3 Å². The lowest BCUT2D eigenvalue weighted by Gasteiger charge is -2.13. The fourth-order valence-electron chi connectivity index (χ4n) is 3.32. The van der Waals surface area contributed by atoms with Gasteiger partial charge in [-0.1, -0.05) is 41.9 Å². The number of halogens is 2. The Morgan fingerprint density at radius 1 is 0.939 bits per heavy atom. The van der Waals surface area contributed by atoms with Gasteiger partial charge in [-0.15, -0.1) is 0 Å². The van der Waals surface area contributed by atoms with E-state index in [0.29, 0.717) is 0 Å². The Kier molecular flexibility index (Phi) is 6.19. The molecule has 33 heavy (non-hydrogen) atoms. The molecule has 1 N–H and O–H groups in total. The van der Waals surface area contributed by atoms with E-state index in [2.05, 4.69) is 5.32 Å². The highest BCUT2D eigenvalue weighted by molar-refractivity contribution is 6.30. The minimum atomic E-state index is -0.869. The Morgan fingerprint density at radius 3 is 2.39 bits per heavy atom. The van der Waals surface area contributed by atoms with Crippen LogP contribution in [0, 0.1) is 5.82 Å². The third kappa shape index (κ3) is 4.75. The largest absolute Gasteiger partial charge is 0.452 e. The maximum Gasteiger partial charge on any atom is 0.338 e. The lowest BCUT2D eigenvalue weighted by atomic mass is 10.1. The van der Waals surface area contributed by atoms with Gasteiger partial charge in [-0.3, -0.25) is 19.3 Å². The zero-order valence-corrected chi connectivity index (χ0v) is 17.8. The third-order valence-corrected chi connectivity index (χ3v) is 5.16. The van der Waals surface area contributed by atoms with Crippen LogP contribution in [0.25, 0.3) is 0 Å². The van der Waals surface area contributed by atoms with Crippen LogP contribution >= 0.6 is 11.6 Å². The zero-order valence-electron chi connectivity index (χ0n) is 17.0. The SMILES string of the molecule is O=C(COC(=O)c1ccc2c(c1)C(=O)N(Cc1ccccc1)C2=O)Nc1ccc(Cl)cc1F. The van der Waals surface area contributed by atoms with Gasteiger partial charge in [-0.05, 0) is 42.0 Å². The predicted molar refractivity (Wildman–Crippen MR) is 117 cm³/mol. The smallest absolute Gasteiger partial charge is 0.338 e. The number of hydrogen-bond acceptors (Lipinski definition) is 5. The number of imide groups is 1. The van der Waals surface area contributed by atoms with E-state index >= 15 is 0 Å². The molecule has 1 aliphatic rings. The molecule has 0 aromatic heterocycles. The molecule has 166 valence electrons. The number of nitrogens with zero attached hydrogens (tertiary/aromatic N) is 1. The molecular formula is C24H16ClFN2O5. The molecular weight excluding hydrogens is 451 g/mol. The number of hydrogen-bond donors (Lipinski definition) is 1. The second-order valence-corrected chi connectivity index (χ2v) is 7.63. The van der Waals surface area contributed by atoms with Gasteiger partial charge in [-0.25, -0.2) is 9.18 Å². The molecule has 1 heterocycles. The Hall–Kier alpha value is -4.04. The molecule has 3 aromatic rings. The van der Waals surface area contributed by atoms with Gasteiger partial charge in [0, 0.05) is 5.02 Å². The Bertz CT molecular complexity index is 1280. The number of carbonyl (C=O) groups is 4. The summed E-state index contributed by atoms with van der Waals surface area (Å²) in [5, 5.41) is 2.44. The summed E-state index contributed by atoms with van der Waals surface area (Å²) in [6, 6.07) is 16.7. The number of amides is 3. The lowest BCUT2D eigenvalue weighted by Crippen LogP contribution is -2.29. The molecule has 0 radical (unpaired) electrons. The van der Waals surface area contributed by atoms with Gasteiger partial charge in [0.25, 0.3) is 17.7 Å². The Labute approximate surface area is 192 Å². The van der Waals surface area contributed by atoms with Gasteiger partial charge < -0.3 is 10.1 Å². The molecule has 0 spiro atoms. The first kappa shape index (κ1) is 22.2. The van der Waals surface area contributed by atoms with E-state index in [1.807, 2.05) is 6.07 Å². The molecule has 0 aliphatic carbocycles. The summed E-state index contributed by atoms with van der Waals surface area (Å²) >= 11 is 5.66. The molecule has 0 atom stereocenters. The summed E-state index contributed by atoms with van der Waals surface area (Å²) in [7, 11) is 0. The second-order valence-electron chi connectivity index (χ2n) is 7.19. The molecule has 9 heteroatoms. The van der Waals surface area contributed by atoms with Crippen molar-refractivity contribution in [2.45, 2.75) is 6.54 Å². The molecule has 0 bridgehead atoms. The van der Waals surface area contributed by atoms with Crippen molar-refractivity contribution in [2.75, 3.05) is 11.9 Å². The van der Waals surface area contributed by atoms with E-state index in [-0.39, 0.29) is 33.9 Å². The normalized spacial score (nSPS) is 12.5. The zero-order chi connectivity index (χ0) is 23.5. The van der Waals surface area contributed by atoms with Gasteiger partial charge in [0.2, 0.25) is 0 Å². The van der Waals surface area contributed by atoms with Gasteiger partial charge in [0.05, 0.1) is 28.9 Å². The molecule has 3 amide bonds. The quantitative estimate of drug-likeness (QED) is 0.436. The van der Waals surface area contributed by atoms with Crippen LogP contribution in [0.1, 0.15) is 36.6 Å². The minimum Gasteiger partial charge on any atom is -0.452 e. The van der Waals surface area contributed by atoms with E-state index in [4.69, 9.17) is 16.3 Å². The van der Waals surface area contributed by atoms with Gasteiger partial charge >= 0.3 is 5.97 Å². The summed E-state index contributed by atoms with van der Waals surface area (Å²) in [4.78, 5) is 50.8. The van der Waals surface area contributed by atoms with Crippen molar-refractivity contribution in [1.29, 1.82) is 0 Å². The molecule has 0 fully saturated rings. The van der Waals surface area contributed by atoms with Crippen molar-refractivity contribution in [3.63, 3.8) is 0 Å². The van der Waals surface area contributed by atoms with E-state index in [0.717, 1.165) is 16.5 Å². The Balaban J connectivity index is 1.41. The number of carbonyl (C=O) groups excluding carboxylic acids is 4. The molecule has 0 unspecified atom stereocenters. The minimum absolute atomic E-state index is 0.00179. The van der Waals surface area contributed by atoms with Crippen molar-refractivity contribution in [3.05, 3.63) is 99.8 Å². The number of fused-ring (bicyclic) bond motifs is 1. The van der Waals surface area contributed by atoms with Crippen molar-refractivity contribution in [2.24, 2.45) is 0 Å². The third-order valence-electron chi connectivity index (χ3n) is 4.93. The summed E-state index contributed by atoms with van der Waals surface area (Å²) in [5.74, 6) is -3.34. The predicted octanol–water partition coefficient (Wildman–Crippen LogP) is 4.07. The highest BCUT2D eigenvalue weighted by atomic mass is 35.5. The average Bonchev–Trinajstić information content (AvgIpc) is 3.04. The highest BCUT2D eigenvalue weighted by Crippen LogP contribution is 2.26. The van der Waals surface area contributed by atoms with Crippen LogP contribution in [-0.4, -0.2) is 35.2 Å². The van der Waals surface area contributed by atoms with Crippen LogP contribution in [-0.2, 0) is 16.1 Å². The molecule has 1 aliphatic heterocycles. The van der Waals surface area contributed by atoms with Crippen LogP contribution in [0.15, 0.2) is 66.7 Å². The molecule has 0 saturated heterocycles. The number of ether oxygens (including phenoxy) is 1. The van der Waals surface area contributed by atoms with E-state index < -0.39 is 36.1 Å². The molecule has 3 aromatic carbocycles. The maximum absolute atomic E-state index is 13.8. The first-order valence-corrected chi connectivity index (χ1v) is 10.2. The van der Waals surface area contributed by atoms with Gasteiger partial charge in [0.15, 0.2) is 6.61 Å². The van der Waals surface area contributed by atoms with Gasteiger partial charge in [0.1, 0.15) is 5.82 Å². The first-order valence-electron chi connectivity index (χ1n) is 9.79. The summed E-state index contributed by atoms with van der Waals surface area (Å²) < 4.78 is 18.7. The standard InChI is InChI=1S/C24H16ClFN2O5/c25-16-7-9-20(19(26)11-16)27-21(29)13-33-24(32)15-6-8-17-18(10-15)23(31)28(22(17)30)12-14-4-2-1-3-5-14/h1-11H,12-13H2,(H,27,29). The number of rotatable bonds is 6. The lowest BCUT2D eigenvalue weighted by molar-refractivity contribution is -0.119. The average molecular weight is 467 g/mol. The number of anilines is 1. The van der Waals surface area contributed by atoms with Crippen LogP contribution < -0.4 is 5.32 Å². The summed E-state index contributed by atoms with van der Waals surface area (Å²) in [5.41, 5.74) is 0.943. The first-order chi connectivity index (χ1) is 15.8. The highest BCUT2D eigenvalue weighted by Gasteiger charge is 2.36. The fraction of sp³-hybridized carbons (Fsp3) is 0.0833. The van der Waals surface area contributed by atoms with E-state index in [1.54, 1.807) is 24.3 Å². The molecule has 7 nitrogen and oxygen atoms in total. The molecule has 4 rings (SSSR count). The molecule has 0 saturated carbocycles. The monoisotopic (exact) mass is 466 g/mol. The second kappa shape index (κ2) is 9.22. The van der Waals surface area contributed by atoms with Crippen LogP contribution in [0.4, 0.5) is 10.1 Å². The topological polar surface area (TPSA) is 92.8 Å². The Morgan fingerprint density at radius 2 is 1.67 bits per heavy atom. The van der Waals surface area contributed by atoms with Crippen molar-refractivity contribution in [3.8, 4) is 0 Å². The van der Waals surface area contributed by atoms with E-state index in [9.17, 15) is 23.6 Å². The van der Waals surface area contributed by atoms with E-state index in [1.165, 1.54) is 30.3 Å². The number of esters is 1. The summed E-state index contributed by atoms with van der Waals surface area (Å²) in [6.45, 7) is -0.570. The van der Waals surface area contributed by atoms with Crippen molar-refractivity contribution in [1.82, 2.24) is 4.90 Å². The van der Waals surface area contributed by atoms with Crippen LogP contribution in [0.5, 0.6) is 0 Å². The summed E-state index contributed by atoms with van der Waals surface area (Å²) in [6.07, 6.45) is 0. The fourth-order valence-corrected chi connectivity index (χ4v) is 3.48. The number of nitrogens with one attached hydrogen (secondary N) is 1. The van der Waals surface area contributed by atoms with Crippen LogP contribution in [0.2, 0.25) is 5.02 Å². The maximum atomic E-state index is 13.8. The van der Waals surface area contributed by atoms with Crippen molar-refractivity contribution >= 4 is 41.0 Å². The van der Waals surface area contributed by atoms with Crippen LogP contribution in [0.3, 0.4) is 0 Å². The van der Waals surface area contributed by atoms with Gasteiger partial charge in [-0.2, -0.15) is 0 Å². The number of benzene rings is 3.